The lowest BCUT2D eigenvalue weighted by Crippen LogP contribution is -2.48. The number of halogens is 1. The molecule has 0 aliphatic carbocycles. The van der Waals surface area contributed by atoms with Crippen LogP contribution in [0.5, 0.6) is 0 Å². The van der Waals surface area contributed by atoms with Gasteiger partial charge in [-0.3, -0.25) is 9.59 Å². The number of piperazine rings is 1. The number of unbranched alkanes of at least 4 members (excludes halogenated alkanes) is 1. The Labute approximate surface area is 171 Å². The van der Waals surface area contributed by atoms with Crippen LogP contribution >= 0.6 is 11.6 Å². The number of anilines is 2. The highest BCUT2D eigenvalue weighted by Crippen LogP contribution is 2.21. The molecule has 2 amide bonds. The summed E-state index contributed by atoms with van der Waals surface area (Å²) in [6.45, 7) is 5.28. The van der Waals surface area contributed by atoms with Crippen molar-refractivity contribution in [1.82, 2.24) is 4.90 Å². The molecule has 0 unspecified atom stereocenters. The number of carbonyl (C=O) groups excluding carboxylic acids is 2. The number of carbonyl (C=O) groups is 2. The first-order valence-electron chi connectivity index (χ1n) is 9.76. The van der Waals surface area contributed by atoms with Crippen LogP contribution < -0.4 is 10.2 Å². The predicted molar refractivity (Wildman–Crippen MR) is 114 cm³/mol. The van der Waals surface area contributed by atoms with E-state index >= 15 is 0 Å². The van der Waals surface area contributed by atoms with Gasteiger partial charge in [0.15, 0.2) is 0 Å². The van der Waals surface area contributed by atoms with Gasteiger partial charge in [-0.05, 0) is 55.0 Å². The molecule has 5 nitrogen and oxygen atoms in total. The molecule has 1 fully saturated rings. The molecule has 0 radical (unpaired) electrons. The van der Waals surface area contributed by atoms with E-state index in [9.17, 15) is 9.59 Å². The second-order valence-corrected chi connectivity index (χ2v) is 7.42. The second kappa shape index (κ2) is 9.60. The third kappa shape index (κ3) is 5.26. The largest absolute Gasteiger partial charge is 0.368 e. The molecule has 3 rings (SSSR count). The maximum absolute atomic E-state index is 12.3. The Morgan fingerprint density at radius 1 is 0.964 bits per heavy atom. The van der Waals surface area contributed by atoms with E-state index in [1.165, 1.54) is 0 Å². The first kappa shape index (κ1) is 20.2. The lowest BCUT2D eigenvalue weighted by molar-refractivity contribution is -0.131. The molecule has 2 aromatic carbocycles. The molecule has 28 heavy (non-hydrogen) atoms. The number of benzene rings is 2. The molecule has 2 aromatic rings. The molecule has 1 aliphatic rings. The van der Waals surface area contributed by atoms with E-state index in [-0.39, 0.29) is 11.8 Å². The van der Waals surface area contributed by atoms with Gasteiger partial charge < -0.3 is 15.1 Å². The molecular formula is C22H26ClN3O2. The van der Waals surface area contributed by atoms with Crippen molar-refractivity contribution in [3.05, 3.63) is 59.1 Å². The number of hydrogen-bond donors (Lipinski definition) is 1. The van der Waals surface area contributed by atoms with Gasteiger partial charge in [-0.25, -0.2) is 0 Å². The van der Waals surface area contributed by atoms with Crippen LogP contribution in [0.4, 0.5) is 11.4 Å². The summed E-state index contributed by atoms with van der Waals surface area (Å²) in [4.78, 5) is 28.7. The summed E-state index contributed by atoms with van der Waals surface area (Å²) < 4.78 is 0. The zero-order valence-corrected chi connectivity index (χ0v) is 16.9. The van der Waals surface area contributed by atoms with Crippen molar-refractivity contribution < 1.29 is 9.59 Å². The molecule has 0 saturated carbocycles. The monoisotopic (exact) mass is 399 g/mol. The van der Waals surface area contributed by atoms with Crippen LogP contribution in [0.15, 0.2) is 48.5 Å². The molecule has 1 heterocycles. The quantitative estimate of drug-likeness (QED) is 0.781. The molecule has 6 heteroatoms. The van der Waals surface area contributed by atoms with Gasteiger partial charge >= 0.3 is 0 Å². The second-order valence-electron chi connectivity index (χ2n) is 6.98. The smallest absolute Gasteiger partial charge is 0.255 e. The molecule has 148 valence electrons. The standard InChI is InChI=1S/C22H26ClN3O2/c1-2-3-4-21(27)26-15-13-25(14-16-26)20-11-9-19(10-12-20)24-22(28)17-5-7-18(23)8-6-17/h5-12H,2-4,13-16H2,1H3,(H,24,28). The minimum Gasteiger partial charge on any atom is -0.368 e. The summed E-state index contributed by atoms with van der Waals surface area (Å²) >= 11 is 5.86. The Bertz CT molecular complexity index is 798. The maximum Gasteiger partial charge on any atom is 0.255 e. The summed E-state index contributed by atoms with van der Waals surface area (Å²) in [7, 11) is 0. The summed E-state index contributed by atoms with van der Waals surface area (Å²) in [5.41, 5.74) is 2.42. The molecule has 1 aliphatic heterocycles. The van der Waals surface area contributed by atoms with Gasteiger partial charge in [-0.2, -0.15) is 0 Å². The van der Waals surface area contributed by atoms with Crippen LogP contribution in [-0.4, -0.2) is 42.9 Å². The van der Waals surface area contributed by atoms with Crippen molar-refractivity contribution in [2.45, 2.75) is 26.2 Å². The van der Waals surface area contributed by atoms with E-state index in [0.29, 0.717) is 17.0 Å². The summed E-state index contributed by atoms with van der Waals surface area (Å²) in [6, 6.07) is 14.6. The normalized spacial score (nSPS) is 14.1. The maximum atomic E-state index is 12.3. The average molecular weight is 400 g/mol. The summed E-state index contributed by atoms with van der Waals surface area (Å²) in [6.07, 6.45) is 2.66. The zero-order chi connectivity index (χ0) is 19.9. The van der Waals surface area contributed by atoms with E-state index < -0.39 is 0 Å². The minimum atomic E-state index is -0.163. The van der Waals surface area contributed by atoms with Crippen molar-refractivity contribution in [1.29, 1.82) is 0 Å². The Kier molecular flexibility index (Phi) is 6.93. The van der Waals surface area contributed by atoms with Crippen molar-refractivity contribution in [2.75, 3.05) is 36.4 Å². The Balaban J connectivity index is 1.53. The predicted octanol–water partition coefficient (Wildman–Crippen LogP) is 4.43. The van der Waals surface area contributed by atoms with Crippen LogP contribution in [0.25, 0.3) is 0 Å². The van der Waals surface area contributed by atoms with Crippen LogP contribution in [0.1, 0.15) is 36.5 Å². The number of amides is 2. The molecule has 0 atom stereocenters. The highest BCUT2D eigenvalue weighted by atomic mass is 35.5. The molecule has 1 saturated heterocycles. The van der Waals surface area contributed by atoms with E-state index in [1.807, 2.05) is 29.2 Å². The van der Waals surface area contributed by atoms with Crippen molar-refractivity contribution in [3.63, 3.8) is 0 Å². The number of hydrogen-bond acceptors (Lipinski definition) is 3. The van der Waals surface area contributed by atoms with Crippen LogP contribution in [0, 0.1) is 0 Å². The van der Waals surface area contributed by atoms with E-state index in [0.717, 1.165) is 50.4 Å². The van der Waals surface area contributed by atoms with Crippen molar-refractivity contribution in [2.24, 2.45) is 0 Å². The van der Waals surface area contributed by atoms with Gasteiger partial charge in [-0.15, -0.1) is 0 Å². The molecule has 0 spiro atoms. The molecule has 1 N–H and O–H groups in total. The lowest BCUT2D eigenvalue weighted by Gasteiger charge is -2.36. The van der Waals surface area contributed by atoms with E-state index in [4.69, 9.17) is 11.6 Å². The molecular weight excluding hydrogens is 374 g/mol. The SMILES string of the molecule is CCCCC(=O)N1CCN(c2ccc(NC(=O)c3ccc(Cl)cc3)cc2)CC1. The minimum absolute atomic E-state index is 0.163. The van der Waals surface area contributed by atoms with Gasteiger partial charge in [-0.1, -0.05) is 24.9 Å². The topological polar surface area (TPSA) is 52.7 Å². The Morgan fingerprint density at radius 2 is 1.61 bits per heavy atom. The van der Waals surface area contributed by atoms with Gasteiger partial charge in [0.2, 0.25) is 5.91 Å². The van der Waals surface area contributed by atoms with Crippen LogP contribution in [0.3, 0.4) is 0 Å². The van der Waals surface area contributed by atoms with Crippen molar-refractivity contribution >= 4 is 34.8 Å². The molecule has 0 bridgehead atoms. The third-order valence-electron chi connectivity index (χ3n) is 4.97. The first-order chi connectivity index (χ1) is 13.6. The van der Waals surface area contributed by atoms with Gasteiger partial charge in [0.1, 0.15) is 0 Å². The Morgan fingerprint density at radius 3 is 2.21 bits per heavy atom. The number of rotatable bonds is 6. The fraction of sp³-hybridized carbons (Fsp3) is 0.364. The Hall–Kier alpha value is -2.53. The first-order valence-corrected chi connectivity index (χ1v) is 10.1. The third-order valence-corrected chi connectivity index (χ3v) is 5.23. The fourth-order valence-corrected chi connectivity index (χ4v) is 3.39. The summed E-state index contributed by atoms with van der Waals surface area (Å²) in [5.74, 6) is 0.102. The van der Waals surface area contributed by atoms with Gasteiger partial charge in [0, 0.05) is 54.6 Å². The zero-order valence-electron chi connectivity index (χ0n) is 16.2. The van der Waals surface area contributed by atoms with E-state index in [1.54, 1.807) is 24.3 Å². The highest BCUT2D eigenvalue weighted by molar-refractivity contribution is 6.30. The van der Waals surface area contributed by atoms with Gasteiger partial charge in [0.25, 0.3) is 5.91 Å². The van der Waals surface area contributed by atoms with Crippen molar-refractivity contribution in [3.8, 4) is 0 Å². The van der Waals surface area contributed by atoms with Crippen LogP contribution in [0.2, 0.25) is 5.02 Å². The van der Waals surface area contributed by atoms with E-state index in [2.05, 4.69) is 17.1 Å². The lowest BCUT2D eigenvalue weighted by atomic mass is 10.2. The highest BCUT2D eigenvalue weighted by Gasteiger charge is 2.20. The number of nitrogens with zero attached hydrogens (tertiary/aromatic N) is 2. The van der Waals surface area contributed by atoms with Crippen LogP contribution in [-0.2, 0) is 4.79 Å². The molecule has 0 aromatic heterocycles. The number of nitrogens with one attached hydrogen (secondary N) is 1. The van der Waals surface area contributed by atoms with Gasteiger partial charge in [0.05, 0.1) is 0 Å². The average Bonchev–Trinajstić information content (AvgIpc) is 2.73. The fourth-order valence-electron chi connectivity index (χ4n) is 3.26. The summed E-state index contributed by atoms with van der Waals surface area (Å²) in [5, 5.41) is 3.50.